The Balaban J connectivity index is 2.03. The topological polar surface area (TPSA) is 61.8 Å². The number of rotatable bonds is 9. The van der Waals surface area contributed by atoms with Gasteiger partial charge in [-0.3, -0.25) is 9.59 Å². The standard InChI is InChI=1S/C21H22Cl2O5/c1-3-26-20(24)16(21(25)27-4-2)12-14-8-10-15(11-9-14)28-13-17-18(22)6-5-7-19(17)23/h5-11,16H,3-4,12-13H2,1-2H3. The molecule has 150 valence electrons. The van der Waals surface area contributed by atoms with Crippen LogP contribution in [0, 0.1) is 5.92 Å². The summed E-state index contributed by atoms with van der Waals surface area (Å²) in [6, 6.07) is 12.4. The van der Waals surface area contributed by atoms with Gasteiger partial charge in [-0.1, -0.05) is 41.4 Å². The van der Waals surface area contributed by atoms with Gasteiger partial charge in [-0.25, -0.2) is 0 Å². The van der Waals surface area contributed by atoms with E-state index in [2.05, 4.69) is 0 Å². The number of hydrogen-bond acceptors (Lipinski definition) is 5. The van der Waals surface area contributed by atoms with Crippen LogP contribution in [0.1, 0.15) is 25.0 Å². The zero-order chi connectivity index (χ0) is 20.5. The van der Waals surface area contributed by atoms with E-state index < -0.39 is 17.9 Å². The van der Waals surface area contributed by atoms with E-state index in [1.54, 1.807) is 56.3 Å². The molecule has 0 aliphatic carbocycles. The maximum Gasteiger partial charge on any atom is 0.320 e. The third kappa shape index (κ3) is 6.14. The van der Waals surface area contributed by atoms with Gasteiger partial charge in [-0.15, -0.1) is 0 Å². The average molecular weight is 425 g/mol. The van der Waals surface area contributed by atoms with Gasteiger partial charge in [0.2, 0.25) is 0 Å². The number of carbonyl (C=O) groups is 2. The second-order valence-corrected chi connectivity index (χ2v) is 6.71. The van der Waals surface area contributed by atoms with Crippen LogP contribution in [0.25, 0.3) is 0 Å². The maximum atomic E-state index is 12.1. The average Bonchev–Trinajstić information content (AvgIpc) is 2.67. The molecule has 0 N–H and O–H groups in total. The van der Waals surface area contributed by atoms with E-state index in [1.165, 1.54) is 0 Å². The molecule has 0 fully saturated rings. The monoisotopic (exact) mass is 424 g/mol. The lowest BCUT2D eigenvalue weighted by Crippen LogP contribution is -2.30. The van der Waals surface area contributed by atoms with Gasteiger partial charge in [0, 0.05) is 15.6 Å². The van der Waals surface area contributed by atoms with Crippen molar-refractivity contribution in [2.75, 3.05) is 13.2 Å². The van der Waals surface area contributed by atoms with Crippen LogP contribution in [-0.4, -0.2) is 25.2 Å². The highest BCUT2D eigenvalue weighted by molar-refractivity contribution is 6.35. The minimum Gasteiger partial charge on any atom is -0.489 e. The number of carbonyl (C=O) groups excluding carboxylic acids is 2. The molecule has 0 radical (unpaired) electrons. The van der Waals surface area contributed by atoms with Crippen LogP contribution in [-0.2, 0) is 32.1 Å². The fourth-order valence-electron chi connectivity index (χ4n) is 2.53. The zero-order valence-corrected chi connectivity index (χ0v) is 17.3. The van der Waals surface area contributed by atoms with E-state index in [-0.39, 0.29) is 26.2 Å². The minimum atomic E-state index is -0.992. The van der Waals surface area contributed by atoms with Gasteiger partial charge in [0.1, 0.15) is 12.4 Å². The van der Waals surface area contributed by atoms with Crippen molar-refractivity contribution in [3.8, 4) is 5.75 Å². The Bertz CT molecular complexity index is 767. The van der Waals surface area contributed by atoms with Gasteiger partial charge >= 0.3 is 11.9 Å². The van der Waals surface area contributed by atoms with E-state index in [4.69, 9.17) is 37.4 Å². The molecule has 0 aromatic heterocycles. The highest BCUT2D eigenvalue weighted by atomic mass is 35.5. The molecule has 0 unspecified atom stereocenters. The fourth-order valence-corrected chi connectivity index (χ4v) is 3.04. The number of ether oxygens (including phenoxy) is 3. The lowest BCUT2D eigenvalue weighted by Gasteiger charge is -2.15. The molecule has 2 aromatic carbocycles. The Hall–Kier alpha value is -2.24. The molecular weight excluding hydrogens is 403 g/mol. The molecule has 0 saturated heterocycles. The molecule has 5 nitrogen and oxygen atoms in total. The highest BCUT2D eigenvalue weighted by Crippen LogP contribution is 2.26. The van der Waals surface area contributed by atoms with Crippen LogP contribution in [0.4, 0.5) is 0 Å². The molecule has 2 rings (SSSR count). The summed E-state index contributed by atoms with van der Waals surface area (Å²) < 4.78 is 15.7. The van der Waals surface area contributed by atoms with Gasteiger partial charge in [0.15, 0.2) is 5.92 Å². The van der Waals surface area contributed by atoms with Crippen LogP contribution in [0.15, 0.2) is 42.5 Å². The van der Waals surface area contributed by atoms with Gasteiger partial charge in [0.05, 0.1) is 13.2 Å². The molecule has 0 saturated carbocycles. The lowest BCUT2D eigenvalue weighted by molar-refractivity contribution is -0.161. The summed E-state index contributed by atoms with van der Waals surface area (Å²) >= 11 is 12.3. The maximum absolute atomic E-state index is 12.1. The van der Waals surface area contributed by atoms with Crippen LogP contribution >= 0.6 is 23.2 Å². The molecule has 0 aliphatic rings. The third-order valence-electron chi connectivity index (χ3n) is 3.95. The van der Waals surface area contributed by atoms with Crippen molar-refractivity contribution in [3.05, 3.63) is 63.6 Å². The number of esters is 2. The van der Waals surface area contributed by atoms with Crippen molar-refractivity contribution < 1.29 is 23.8 Å². The summed E-state index contributed by atoms with van der Waals surface area (Å²) in [7, 11) is 0. The quantitative estimate of drug-likeness (QED) is 0.424. The van der Waals surface area contributed by atoms with E-state index >= 15 is 0 Å². The first kappa shape index (κ1) is 22.1. The first-order valence-corrected chi connectivity index (χ1v) is 9.69. The van der Waals surface area contributed by atoms with Crippen LogP contribution < -0.4 is 4.74 Å². The zero-order valence-electron chi connectivity index (χ0n) is 15.7. The summed E-state index contributed by atoms with van der Waals surface area (Å²) in [6.07, 6.45) is 0.189. The van der Waals surface area contributed by atoms with Crippen molar-refractivity contribution in [2.24, 2.45) is 5.92 Å². The SMILES string of the molecule is CCOC(=O)C(Cc1ccc(OCc2c(Cl)cccc2Cl)cc1)C(=O)OCC. The Morgan fingerprint density at radius 3 is 1.93 bits per heavy atom. The number of hydrogen-bond donors (Lipinski definition) is 0. The molecule has 0 bridgehead atoms. The molecule has 0 heterocycles. The Morgan fingerprint density at radius 2 is 1.43 bits per heavy atom. The summed E-state index contributed by atoms with van der Waals surface area (Å²) in [5, 5.41) is 1.08. The largest absolute Gasteiger partial charge is 0.489 e. The molecule has 0 aliphatic heterocycles. The van der Waals surface area contributed by atoms with Crippen molar-refractivity contribution in [1.82, 2.24) is 0 Å². The number of benzene rings is 2. The molecule has 28 heavy (non-hydrogen) atoms. The van der Waals surface area contributed by atoms with Crippen LogP contribution in [0.5, 0.6) is 5.75 Å². The molecule has 0 atom stereocenters. The lowest BCUT2D eigenvalue weighted by atomic mass is 9.99. The van der Waals surface area contributed by atoms with Gasteiger partial charge in [0.25, 0.3) is 0 Å². The predicted octanol–water partition coefficient (Wildman–Crippen LogP) is 4.86. The third-order valence-corrected chi connectivity index (χ3v) is 4.66. The summed E-state index contributed by atoms with van der Waals surface area (Å²) in [6.45, 7) is 4.01. The van der Waals surface area contributed by atoms with Gasteiger partial charge in [-0.05, 0) is 50.1 Å². The molecule has 0 spiro atoms. The number of halogens is 2. The second kappa shape index (κ2) is 10.9. The van der Waals surface area contributed by atoms with Crippen molar-refractivity contribution in [2.45, 2.75) is 26.9 Å². The van der Waals surface area contributed by atoms with E-state index in [1.807, 2.05) is 0 Å². The Morgan fingerprint density at radius 1 is 0.893 bits per heavy atom. The van der Waals surface area contributed by atoms with E-state index in [0.717, 1.165) is 5.56 Å². The summed E-state index contributed by atoms with van der Waals surface area (Å²) in [4.78, 5) is 24.2. The van der Waals surface area contributed by atoms with Gasteiger partial charge in [-0.2, -0.15) is 0 Å². The first-order chi connectivity index (χ1) is 13.5. The van der Waals surface area contributed by atoms with Crippen molar-refractivity contribution in [3.63, 3.8) is 0 Å². The second-order valence-electron chi connectivity index (χ2n) is 5.89. The van der Waals surface area contributed by atoms with E-state index in [0.29, 0.717) is 21.4 Å². The predicted molar refractivity (Wildman–Crippen MR) is 108 cm³/mol. The van der Waals surface area contributed by atoms with Gasteiger partial charge < -0.3 is 14.2 Å². The Kier molecular flexibility index (Phi) is 8.61. The van der Waals surface area contributed by atoms with Crippen molar-refractivity contribution >= 4 is 35.1 Å². The molecule has 0 amide bonds. The normalized spacial score (nSPS) is 10.6. The first-order valence-electron chi connectivity index (χ1n) is 8.94. The summed E-state index contributed by atoms with van der Waals surface area (Å²) in [5.74, 6) is -1.55. The highest BCUT2D eigenvalue weighted by Gasteiger charge is 2.29. The Labute approximate surface area is 174 Å². The summed E-state index contributed by atoms with van der Waals surface area (Å²) in [5.41, 5.74) is 1.49. The van der Waals surface area contributed by atoms with Crippen molar-refractivity contribution in [1.29, 1.82) is 0 Å². The molecule has 2 aromatic rings. The minimum absolute atomic E-state index is 0.189. The van der Waals surface area contributed by atoms with Crippen LogP contribution in [0.3, 0.4) is 0 Å². The van der Waals surface area contributed by atoms with E-state index in [9.17, 15) is 9.59 Å². The van der Waals surface area contributed by atoms with Crippen LogP contribution in [0.2, 0.25) is 10.0 Å². The molecular formula is C21H22Cl2O5. The fraction of sp³-hybridized carbons (Fsp3) is 0.333. The smallest absolute Gasteiger partial charge is 0.320 e. The molecule has 7 heteroatoms.